The van der Waals surface area contributed by atoms with Gasteiger partial charge in [-0.1, -0.05) is 18.2 Å². The van der Waals surface area contributed by atoms with Gasteiger partial charge in [-0.15, -0.1) is 0 Å². The van der Waals surface area contributed by atoms with E-state index in [1.54, 1.807) is 24.3 Å². The molecular formula is C17H14F5N3O2S. The zero-order chi connectivity index (χ0) is 20.7. The summed E-state index contributed by atoms with van der Waals surface area (Å²) < 4.78 is 93.7. The summed E-state index contributed by atoms with van der Waals surface area (Å²) in [5.41, 5.74) is 5.28. The van der Waals surface area contributed by atoms with Crippen molar-refractivity contribution in [1.29, 1.82) is 0 Å². The Kier molecular flexibility index (Phi) is 5.06. The van der Waals surface area contributed by atoms with Crippen molar-refractivity contribution in [2.24, 2.45) is 0 Å². The number of para-hydroxylation sites is 1. The van der Waals surface area contributed by atoms with Gasteiger partial charge in [-0.3, -0.25) is 0 Å². The summed E-state index contributed by atoms with van der Waals surface area (Å²) in [6.45, 7) is 0. The zero-order valence-electron chi connectivity index (χ0n) is 14.0. The van der Waals surface area contributed by atoms with E-state index in [1.807, 2.05) is 0 Å². The predicted molar refractivity (Wildman–Crippen MR) is 92.9 cm³/mol. The summed E-state index contributed by atoms with van der Waals surface area (Å²) in [6.07, 6.45) is -4.38. The maximum Gasteiger partial charge on any atom is 0.405 e. The maximum atomic E-state index is 13.9. The third-order valence-electron chi connectivity index (χ3n) is 4.10. The van der Waals surface area contributed by atoms with Crippen molar-refractivity contribution in [2.45, 2.75) is 23.5 Å². The van der Waals surface area contributed by atoms with E-state index >= 15 is 0 Å². The van der Waals surface area contributed by atoms with Crippen LogP contribution >= 0.6 is 0 Å². The highest BCUT2D eigenvalue weighted by molar-refractivity contribution is 7.89. The van der Waals surface area contributed by atoms with Crippen LogP contribution in [0.25, 0.3) is 10.9 Å². The van der Waals surface area contributed by atoms with Gasteiger partial charge in [0, 0.05) is 23.2 Å². The first-order valence-corrected chi connectivity index (χ1v) is 9.36. The standard InChI is InChI=1S/C17H14F5N3O2S/c18-10-6-12(19)16(13(23)7-10)28(26,27)25-15(17(20,21)22)5-9-8-24-14-4-2-1-3-11(9)14/h1-4,6-8,15,24-25H,5,23H2. The number of fused-ring (bicyclic) bond motifs is 1. The molecule has 5 nitrogen and oxygen atoms in total. The number of nitrogens with one attached hydrogen (secondary N) is 2. The summed E-state index contributed by atoms with van der Waals surface area (Å²) >= 11 is 0. The third kappa shape index (κ3) is 3.94. The molecule has 11 heteroatoms. The molecule has 0 fully saturated rings. The van der Waals surface area contributed by atoms with Gasteiger partial charge in [0.25, 0.3) is 0 Å². The Hall–Kier alpha value is -2.66. The molecule has 3 rings (SSSR count). The van der Waals surface area contributed by atoms with Gasteiger partial charge in [0.2, 0.25) is 10.0 Å². The largest absolute Gasteiger partial charge is 0.405 e. The van der Waals surface area contributed by atoms with Gasteiger partial charge < -0.3 is 10.7 Å². The molecule has 0 aliphatic carbocycles. The molecule has 0 bridgehead atoms. The second kappa shape index (κ2) is 7.06. The topological polar surface area (TPSA) is 88.0 Å². The summed E-state index contributed by atoms with van der Waals surface area (Å²) in [5, 5.41) is 0.489. The average Bonchev–Trinajstić information content (AvgIpc) is 2.95. The molecule has 2 aromatic carbocycles. The first-order chi connectivity index (χ1) is 13.0. The highest BCUT2D eigenvalue weighted by Crippen LogP contribution is 2.30. The minimum Gasteiger partial charge on any atom is -0.397 e. The van der Waals surface area contributed by atoms with Gasteiger partial charge in [0.15, 0.2) is 0 Å². The van der Waals surface area contributed by atoms with Gasteiger partial charge >= 0.3 is 6.18 Å². The number of aromatic nitrogens is 1. The van der Waals surface area contributed by atoms with E-state index < -0.39 is 50.9 Å². The van der Waals surface area contributed by atoms with Crippen LogP contribution in [0.15, 0.2) is 47.5 Å². The molecule has 0 aliphatic rings. The van der Waals surface area contributed by atoms with Crippen molar-refractivity contribution < 1.29 is 30.4 Å². The number of alkyl halides is 3. The lowest BCUT2D eigenvalue weighted by molar-refractivity contribution is -0.150. The van der Waals surface area contributed by atoms with Crippen LogP contribution in [-0.4, -0.2) is 25.6 Å². The Morgan fingerprint density at radius 1 is 1.14 bits per heavy atom. The second-order valence-electron chi connectivity index (χ2n) is 6.09. The van der Waals surface area contributed by atoms with Crippen LogP contribution in [0.2, 0.25) is 0 Å². The molecule has 0 radical (unpaired) electrons. The van der Waals surface area contributed by atoms with Gasteiger partial charge in [-0.2, -0.15) is 17.9 Å². The maximum absolute atomic E-state index is 13.9. The molecule has 150 valence electrons. The normalized spacial score (nSPS) is 13.8. The molecule has 3 aromatic rings. The van der Waals surface area contributed by atoms with E-state index in [9.17, 15) is 30.4 Å². The molecule has 1 aromatic heterocycles. The van der Waals surface area contributed by atoms with Crippen molar-refractivity contribution in [1.82, 2.24) is 9.71 Å². The lowest BCUT2D eigenvalue weighted by Gasteiger charge is -2.22. The van der Waals surface area contributed by atoms with Crippen LogP contribution in [0.5, 0.6) is 0 Å². The van der Waals surface area contributed by atoms with E-state index in [-0.39, 0.29) is 11.6 Å². The van der Waals surface area contributed by atoms with Crippen molar-refractivity contribution in [3.05, 3.63) is 59.8 Å². The minimum absolute atomic E-state index is 0.216. The molecular weight excluding hydrogens is 405 g/mol. The van der Waals surface area contributed by atoms with Crippen LogP contribution < -0.4 is 10.5 Å². The number of hydrogen-bond acceptors (Lipinski definition) is 3. The number of sulfonamides is 1. The number of rotatable bonds is 5. The predicted octanol–water partition coefficient (Wildman–Crippen LogP) is 3.48. The van der Waals surface area contributed by atoms with Crippen molar-refractivity contribution in [3.8, 4) is 0 Å². The minimum atomic E-state index is -5.02. The van der Waals surface area contributed by atoms with Crippen molar-refractivity contribution in [3.63, 3.8) is 0 Å². The molecule has 0 saturated carbocycles. The van der Waals surface area contributed by atoms with E-state index in [2.05, 4.69) is 4.98 Å². The molecule has 4 N–H and O–H groups in total. The number of benzene rings is 2. The first-order valence-electron chi connectivity index (χ1n) is 7.87. The third-order valence-corrected chi connectivity index (χ3v) is 5.66. The molecule has 28 heavy (non-hydrogen) atoms. The molecule has 0 saturated heterocycles. The fraction of sp³-hybridized carbons (Fsp3) is 0.176. The van der Waals surface area contributed by atoms with E-state index in [0.717, 1.165) is 0 Å². The average molecular weight is 419 g/mol. The molecule has 0 amide bonds. The van der Waals surface area contributed by atoms with Crippen LogP contribution in [0, 0.1) is 11.6 Å². The van der Waals surface area contributed by atoms with E-state index in [4.69, 9.17) is 5.73 Å². The van der Waals surface area contributed by atoms with Crippen LogP contribution in [0.3, 0.4) is 0 Å². The number of nitrogens with two attached hydrogens (primary N) is 1. The number of halogens is 5. The van der Waals surface area contributed by atoms with Gasteiger partial charge in [0.1, 0.15) is 22.6 Å². The number of nitrogen functional groups attached to an aromatic ring is 1. The lowest BCUT2D eigenvalue weighted by Crippen LogP contribution is -2.47. The summed E-state index contributed by atoms with van der Waals surface area (Å²) in [6, 6.07) is 4.74. The molecule has 1 heterocycles. The van der Waals surface area contributed by atoms with Crippen LogP contribution in [0.1, 0.15) is 5.56 Å². The zero-order valence-corrected chi connectivity index (χ0v) is 14.8. The van der Waals surface area contributed by atoms with Crippen LogP contribution in [-0.2, 0) is 16.4 Å². The van der Waals surface area contributed by atoms with Crippen LogP contribution in [0.4, 0.5) is 27.6 Å². The first kappa shape index (κ1) is 20.1. The van der Waals surface area contributed by atoms with E-state index in [0.29, 0.717) is 17.0 Å². The number of aromatic amines is 1. The molecule has 1 atom stereocenters. The Balaban J connectivity index is 1.98. The van der Waals surface area contributed by atoms with Crippen molar-refractivity contribution >= 4 is 26.6 Å². The monoisotopic (exact) mass is 419 g/mol. The Morgan fingerprint density at radius 3 is 2.46 bits per heavy atom. The van der Waals surface area contributed by atoms with Crippen molar-refractivity contribution in [2.75, 3.05) is 5.73 Å². The number of H-pyrrole nitrogens is 1. The highest BCUT2D eigenvalue weighted by atomic mass is 32.2. The van der Waals surface area contributed by atoms with Gasteiger partial charge in [-0.05, 0) is 24.1 Å². The Labute approximate surface area is 156 Å². The van der Waals surface area contributed by atoms with E-state index in [1.165, 1.54) is 10.9 Å². The van der Waals surface area contributed by atoms with Gasteiger partial charge in [0.05, 0.1) is 5.69 Å². The fourth-order valence-electron chi connectivity index (χ4n) is 2.85. The number of anilines is 1. The molecule has 0 aliphatic heterocycles. The Bertz CT molecular complexity index is 1100. The Morgan fingerprint density at radius 2 is 1.82 bits per heavy atom. The smallest absolute Gasteiger partial charge is 0.397 e. The quantitative estimate of drug-likeness (QED) is 0.437. The SMILES string of the molecule is Nc1cc(F)cc(F)c1S(=O)(=O)NC(Cc1c[nH]c2ccccc12)C(F)(F)F. The number of hydrogen-bond donors (Lipinski definition) is 3. The highest BCUT2D eigenvalue weighted by Gasteiger charge is 2.43. The summed E-state index contributed by atoms with van der Waals surface area (Å²) in [7, 11) is -5.02. The fourth-order valence-corrected chi connectivity index (χ4v) is 4.25. The lowest BCUT2D eigenvalue weighted by atomic mass is 10.1. The molecule has 1 unspecified atom stereocenters. The second-order valence-corrected chi connectivity index (χ2v) is 7.74. The summed E-state index contributed by atoms with van der Waals surface area (Å²) in [4.78, 5) is 1.56. The van der Waals surface area contributed by atoms with Gasteiger partial charge in [-0.25, -0.2) is 17.2 Å². The molecule has 0 spiro atoms. The summed E-state index contributed by atoms with van der Waals surface area (Å²) in [5.74, 6) is -2.74.